The van der Waals surface area contributed by atoms with Crippen molar-refractivity contribution in [3.8, 4) is 0 Å². The molecule has 0 unspecified atom stereocenters. The summed E-state index contributed by atoms with van der Waals surface area (Å²) in [6, 6.07) is 0. The summed E-state index contributed by atoms with van der Waals surface area (Å²) in [6.45, 7) is -4.35. The van der Waals surface area contributed by atoms with E-state index < -0.39 is 55.3 Å². The first kappa shape index (κ1) is 18.8. The summed E-state index contributed by atoms with van der Waals surface area (Å²) >= 11 is -3.26. The molecule has 0 aliphatic rings. The van der Waals surface area contributed by atoms with Gasteiger partial charge in [0, 0.05) is 0 Å². The molecule has 0 aliphatic heterocycles. The zero-order valence-corrected chi connectivity index (χ0v) is 11.7. The van der Waals surface area contributed by atoms with Crippen molar-refractivity contribution < 1.29 is 68.9 Å². The second kappa shape index (κ2) is 6.08. The van der Waals surface area contributed by atoms with E-state index in [4.69, 9.17) is 0 Å². The third kappa shape index (κ3) is 5.78. The SMILES string of the molecule is FC(F)(F)C(F)(F)C[O][Zn][O]CC(F)(F)C(F)(F)F. The van der Waals surface area contributed by atoms with Crippen molar-refractivity contribution >= 4 is 0 Å². The quantitative estimate of drug-likeness (QED) is 0.409. The van der Waals surface area contributed by atoms with Crippen LogP contribution < -0.4 is 0 Å². The molecule has 0 N–H and O–H groups in total. The molecule has 0 aliphatic carbocycles. The molecular weight excluding hydrogens is 359 g/mol. The summed E-state index contributed by atoms with van der Waals surface area (Å²) < 4.78 is 126. The number of alkyl halides is 10. The third-order valence-electron chi connectivity index (χ3n) is 1.56. The van der Waals surface area contributed by atoms with Crippen molar-refractivity contribution in [2.24, 2.45) is 0 Å². The Labute approximate surface area is 107 Å². The minimum absolute atomic E-state index is 2.17. The Kier molecular flexibility index (Phi) is 6.03. The van der Waals surface area contributed by atoms with Gasteiger partial charge in [0.1, 0.15) is 0 Å². The molecule has 0 aromatic heterocycles. The molecule has 0 saturated carbocycles. The summed E-state index contributed by atoms with van der Waals surface area (Å²) in [7, 11) is 0. The van der Waals surface area contributed by atoms with Crippen LogP contribution in [0.4, 0.5) is 43.9 Å². The van der Waals surface area contributed by atoms with E-state index >= 15 is 0 Å². The molecule has 0 amide bonds. The maximum atomic E-state index is 12.2. The van der Waals surface area contributed by atoms with Gasteiger partial charge in [0.25, 0.3) is 0 Å². The molecule has 0 atom stereocenters. The summed E-state index contributed by atoms with van der Waals surface area (Å²) in [6.07, 6.45) is -11.8. The number of hydrogen-bond acceptors (Lipinski definition) is 2. The van der Waals surface area contributed by atoms with E-state index in [0.29, 0.717) is 0 Å². The molecule has 19 heavy (non-hydrogen) atoms. The maximum absolute atomic E-state index is 12.2. The van der Waals surface area contributed by atoms with Gasteiger partial charge >= 0.3 is 106 Å². The molecule has 0 rings (SSSR count). The molecule has 112 valence electrons. The van der Waals surface area contributed by atoms with Crippen molar-refractivity contribution in [2.45, 2.75) is 24.2 Å². The average Bonchev–Trinajstić information content (AvgIpc) is 2.12. The molecule has 0 fully saturated rings. The standard InChI is InChI=1S/2C3H2F5O.Zn/c2*4-2(5,1-9)3(6,7)8;/h2*1H2;/q2*-1;+2. The zero-order valence-electron chi connectivity index (χ0n) is 8.72. The van der Waals surface area contributed by atoms with Crippen LogP contribution >= 0.6 is 0 Å². The molecule has 0 spiro atoms. The minimum atomic E-state index is -5.90. The van der Waals surface area contributed by atoms with E-state index in [0.717, 1.165) is 0 Å². The van der Waals surface area contributed by atoms with Crippen LogP contribution in [-0.2, 0) is 25.0 Å². The van der Waals surface area contributed by atoms with Crippen LogP contribution in [-0.4, -0.2) is 37.4 Å². The van der Waals surface area contributed by atoms with E-state index in [-0.39, 0.29) is 0 Å². The fourth-order valence-electron chi connectivity index (χ4n) is 0.562. The Morgan fingerprint density at radius 2 is 0.842 bits per heavy atom. The molecule has 0 aromatic carbocycles. The Balaban J connectivity index is 4.03. The van der Waals surface area contributed by atoms with Gasteiger partial charge in [0.15, 0.2) is 0 Å². The van der Waals surface area contributed by atoms with Crippen LogP contribution in [0.2, 0.25) is 0 Å². The summed E-state index contributed by atoms with van der Waals surface area (Å²) in [5, 5.41) is 0. The summed E-state index contributed by atoms with van der Waals surface area (Å²) in [5.41, 5.74) is 0. The average molecular weight is 363 g/mol. The Morgan fingerprint density at radius 1 is 0.579 bits per heavy atom. The topological polar surface area (TPSA) is 18.5 Å². The number of halogens is 10. The van der Waals surface area contributed by atoms with Crippen molar-refractivity contribution in [3.63, 3.8) is 0 Å². The van der Waals surface area contributed by atoms with Gasteiger partial charge in [-0.25, -0.2) is 0 Å². The van der Waals surface area contributed by atoms with Gasteiger partial charge in [-0.1, -0.05) is 0 Å². The van der Waals surface area contributed by atoms with Gasteiger partial charge in [-0.2, -0.15) is 0 Å². The fourth-order valence-corrected chi connectivity index (χ4v) is 2.23. The molecule has 0 bridgehead atoms. The van der Waals surface area contributed by atoms with Gasteiger partial charge in [0.2, 0.25) is 0 Å². The molecular formula is C6H4F10O2Zn. The van der Waals surface area contributed by atoms with Crippen LogP contribution in [0.5, 0.6) is 0 Å². The Morgan fingerprint density at radius 3 is 1.05 bits per heavy atom. The summed E-state index contributed by atoms with van der Waals surface area (Å²) in [4.78, 5) is 0. The van der Waals surface area contributed by atoms with Gasteiger partial charge in [-0.3, -0.25) is 0 Å². The third-order valence-corrected chi connectivity index (χ3v) is 3.12. The second-order valence-corrected chi connectivity index (χ2v) is 5.43. The molecule has 0 heterocycles. The molecule has 0 radical (unpaired) electrons. The first-order valence-corrected chi connectivity index (χ1v) is 6.67. The van der Waals surface area contributed by atoms with Gasteiger partial charge in [-0.05, 0) is 0 Å². The normalized spacial score (nSPS) is 14.4. The van der Waals surface area contributed by atoms with E-state index in [2.05, 4.69) is 7.13 Å². The van der Waals surface area contributed by atoms with Gasteiger partial charge < -0.3 is 0 Å². The van der Waals surface area contributed by atoms with Crippen molar-refractivity contribution in [1.82, 2.24) is 0 Å². The van der Waals surface area contributed by atoms with E-state index in [1.54, 1.807) is 0 Å². The van der Waals surface area contributed by atoms with Crippen molar-refractivity contribution in [2.75, 3.05) is 13.2 Å². The van der Waals surface area contributed by atoms with Crippen LogP contribution in [0.15, 0.2) is 0 Å². The van der Waals surface area contributed by atoms with Crippen molar-refractivity contribution in [1.29, 1.82) is 0 Å². The molecule has 13 heteroatoms. The monoisotopic (exact) mass is 362 g/mol. The van der Waals surface area contributed by atoms with Crippen LogP contribution in [0.25, 0.3) is 0 Å². The summed E-state index contributed by atoms with van der Waals surface area (Å²) in [5.74, 6) is -10.4. The van der Waals surface area contributed by atoms with E-state index in [1.807, 2.05) is 0 Å². The fraction of sp³-hybridized carbons (Fsp3) is 1.00. The van der Waals surface area contributed by atoms with Gasteiger partial charge in [0.05, 0.1) is 0 Å². The molecule has 0 saturated heterocycles. The first-order valence-electron chi connectivity index (χ1n) is 4.25. The predicted octanol–water partition coefficient (Wildman–Crippen LogP) is 3.33. The van der Waals surface area contributed by atoms with E-state index in [1.165, 1.54) is 0 Å². The van der Waals surface area contributed by atoms with E-state index in [9.17, 15) is 43.9 Å². The Hall–Kier alpha value is -0.157. The number of hydrogen-bond donors (Lipinski definition) is 0. The Bertz CT molecular complexity index is 257. The van der Waals surface area contributed by atoms with Crippen molar-refractivity contribution in [3.05, 3.63) is 0 Å². The predicted molar refractivity (Wildman–Crippen MR) is 33.9 cm³/mol. The van der Waals surface area contributed by atoms with Crippen LogP contribution in [0.3, 0.4) is 0 Å². The second-order valence-electron chi connectivity index (χ2n) is 3.22. The zero-order chi connectivity index (χ0) is 15.5. The van der Waals surface area contributed by atoms with Gasteiger partial charge in [-0.15, -0.1) is 0 Å². The molecule has 0 aromatic rings. The van der Waals surface area contributed by atoms with Crippen LogP contribution in [0.1, 0.15) is 0 Å². The van der Waals surface area contributed by atoms with Crippen LogP contribution in [0, 0.1) is 0 Å². The molecule has 2 nitrogen and oxygen atoms in total. The first-order chi connectivity index (χ1) is 8.21. The number of rotatable bonds is 6.